The van der Waals surface area contributed by atoms with Gasteiger partial charge in [0.05, 0.1) is 0 Å². The number of carbonyl (C=O) groups excluding carboxylic acids is 1. The van der Waals surface area contributed by atoms with Crippen LogP contribution in [0.3, 0.4) is 0 Å². The van der Waals surface area contributed by atoms with E-state index in [0.717, 1.165) is 50.9 Å². The number of likely N-dealkylation sites (tertiary alicyclic amines) is 1. The molecule has 86 valence electrons. The lowest BCUT2D eigenvalue weighted by molar-refractivity contribution is -0.130. The van der Waals surface area contributed by atoms with E-state index in [2.05, 4.69) is 17.1 Å². The van der Waals surface area contributed by atoms with Crippen molar-refractivity contribution in [2.24, 2.45) is 11.8 Å². The topological polar surface area (TPSA) is 32.3 Å². The van der Waals surface area contributed by atoms with Crippen LogP contribution in [-0.4, -0.2) is 37.0 Å². The van der Waals surface area contributed by atoms with Crippen molar-refractivity contribution in [2.75, 3.05) is 26.2 Å². The SMILES string of the molecule is CC1CCC(=O)N(CCC2CNC2)CC1. The average Bonchev–Trinajstić information content (AvgIpc) is 2.30. The van der Waals surface area contributed by atoms with Crippen LogP contribution in [0.5, 0.6) is 0 Å². The Morgan fingerprint density at radius 3 is 2.87 bits per heavy atom. The van der Waals surface area contributed by atoms with Crippen molar-refractivity contribution in [1.82, 2.24) is 10.2 Å². The van der Waals surface area contributed by atoms with Gasteiger partial charge in [0.2, 0.25) is 5.91 Å². The molecular weight excluding hydrogens is 188 g/mol. The molecule has 0 aromatic rings. The number of nitrogens with one attached hydrogen (secondary N) is 1. The zero-order valence-electron chi connectivity index (χ0n) is 9.67. The molecule has 2 aliphatic rings. The molecular formula is C12H22N2O. The Morgan fingerprint density at radius 2 is 2.20 bits per heavy atom. The first-order chi connectivity index (χ1) is 7.25. The third-order valence-corrected chi connectivity index (χ3v) is 3.77. The monoisotopic (exact) mass is 210 g/mol. The highest BCUT2D eigenvalue weighted by Gasteiger charge is 2.22. The van der Waals surface area contributed by atoms with Gasteiger partial charge in [0.15, 0.2) is 0 Å². The molecule has 0 aromatic carbocycles. The highest BCUT2D eigenvalue weighted by atomic mass is 16.2. The average molecular weight is 210 g/mol. The van der Waals surface area contributed by atoms with Gasteiger partial charge < -0.3 is 10.2 Å². The van der Waals surface area contributed by atoms with E-state index in [1.165, 1.54) is 12.8 Å². The van der Waals surface area contributed by atoms with Crippen LogP contribution in [0.15, 0.2) is 0 Å². The van der Waals surface area contributed by atoms with Gasteiger partial charge in [0.25, 0.3) is 0 Å². The number of hydrogen-bond acceptors (Lipinski definition) is 2. The van der Waals surface area contributed by atoms with E-state index in [-0.39, 0.29) is 0 Å². The van der Waals surface area contributed by atoms with Gasteiger partial charge in [-0.15, -0.1) is 0 Å². The molecule has 1 N–H and O–H groups in total. The molecule has 2 rings (SSSR count). The summed E-state index contributed by atoms with van der Waals surface area (Å²) in [5.74, 6) is 1.93. The van der Waals surface area contributed by atoms with E-state index in [4.69, 9.17) is 0 Å². The molecule has 1 amide bonds. The lowest BCUT2D eigenvalue weighted by Crippen LogP contribution is -2.44. The van der Waals surface area contributed by atoms with Crippen LogP contribution in [0.1, 0.15) is 32.6 Å². The molecule has 2 fully saturated rings. The minimum atomic E-state index is 0.381. The molecule has 3 nitrogen and oxygen atoms in total. The normalized spacial score (nSPS) is 28.7. The lowest BCUT2D eigenvalue weighted by Gasteiger charge is -2.30. The highest BCUT2D eigenvalue weighted by Crippen LogP contribution is 2.18. The third kappa shape index (κ3) is 2.94. The number of hydrogen-bond donors (Lipinski definition) is 1. The van der Waals surface area contributed by atoms with Crippen molar-refractivity contribution in [3.05, 3.63) is 0 Å². The van der Waals surface area contributed by atoms with Crippen LogP contribution < -0.4 is 5.32 Å². The molecule has 0 bridgehead atoms. The summed E-state index contributed by atoms with van der Waals surface area (Å²) in [6.45, 7) is 6.53. The number of amides is 1. The molecule has 2 aliphatic heterocycles. The Balaban J connectivity index is 1.75. The Bertz CT molecular complexity index is 226. The first kappa shape index (κ1) is 10.9. The number of carbonyl (C=O) groups is 1. The van der Waals surface area contributed by atoms with Gasteiger partial charge >= 0.3 is 0 Å². The molecule has 0 aromatic heterocycles. The summed E-state index contributed by atoms with van der Waals surface area (Å²) in [5, 5.41) is 3.28. The highest BCUT2D eigenvalue weighted by molar-refractivity contribution is 5.76. The fourth-order valence-corrected chi connectivity index (χ4v) is 2.30. The standard InChI is InChI=1S/C12H22N2O/c1-10-2-3-12(15)14(6-4-10)7-5-11-8-13-9-11/h10-11,13H,2-9H2,1H3. The second-order valence-electron chi connectivity index (χ2n) is 5.13. The van der Waals surface area contributed by atoms with E-state index in [1.54, 1.807) is 0 Å². The summed E-state index contributed by atoms with van der Waals surface area (Å²) in [7, 11) is 0. The Kier molecular flexibility index (Phi) is 3.62. The third-order valence-electron chi connectivity index (χ3n) is 3.77. The summed E-state index contributed by atoms with van der Waals surface area (Å²) in [6.07, 6.45) is 4.23. The van der Waals surface area contributed by atoms with Crippen molar-refractivity contribution in [2.45, 2.75) is 32.6 Å². The zero-order chi connectivity index (χ0) is 10.7. The van der Waals surface area contributed by atoms with Crippen LogP contribution in [0.25, 0.3) is 0 Å². The van der Waals surface area contributed by atoms with Crippen molar-refractivity contribution in [3.63, 3.8) is 0 Å². The van der Waals surface area contributed by atoms with Gasteiger partial charge in [-0.1, -0.05) is 6.92 Å². The summed E-state index contributed by atoms with van der Waals surface area (Å²) in [5.41, 5.74) is 0. The van der Waals surface area contributed by atoms with Crippen LogP contribution in [0, 0.1) is 11.8 Å². The molecule has 3 heteroatoms. The van der Waals surface area contributed by atoms with Gasteiger partial charge in [-0.25, -0.2) is 0 Å². The molecule has 1 unspecified atom stereocenters. The Morgan fingerprint density at radius 1 is 1.40 bits per heavy atom. The smallest absolute Gasteiger partial charge is 0.222 e. The zero-order valence-corrected chi connectivity index (χ0v) is 9.67. The first-order valence-electron chi connectivity index (χ1n) is 6.24. The van der Waals surface area contributed by atoms with Crippen molar-refractivity contribution < 1.29 is 4.79 Å². The molecule has 0 spiro atoms. The summed E-state index contributed by atoms with van der Waals surface area (Å²) in [6, 6.07) is 0. The predicted molar refractivity (Wildman–Crippen MR) is 60.6 cm³/mol. The second kappa shape index (κ2) is 4.97. The quantitative estimate of drug-likeness (QED) is 0.760. The molecule has 0 aliphatic carbocycles. The fourth-order valence-electron chi connectivity index (χ4n) is 2.30. The Hall–Kier alpha value is -0.570. The van der Waals surface area contributed by atoms with Gasteiger partial charge in [0.1, 0.15) is 0 Å². The van der Waals surface area contributed by atoms with E-state index in [0.29, 0.717) is 5.91 Å². The molecule has 1 atom stereocenters. The minimum absolute atomic E-state index is 0.381. The molecule has 0 radical (unpaired) electrons. The largest absolute Gasteiger partial charge is 0.343 e. The lowest BCUT2D eigenvalue weighted by atomic mass is 9.99. The van der Waals surface area contributed by atoms with E-state index in [1.807, 2.05) is 0 Å². The van der Waals surface area contributed by atoms with Crippen LogP contribution >= 0.6 is 0 Å². The van der Waals surface area contributed by atoms with Gasteiger partial charge in [0, 0.05) is 19.5 Å². The fraction of sp³-hybridized carbons (Fsp3) is 0.917. The first-order valence-corrected chi connectivity index (χ1v) is 6.24. The van der Waals surface area contributed by atoms with E-state index < -0.39 is 0 Å². The second-order valence-corrected chi connectivity index (χ2v) is 5.13. The van der Waals surface area contributed by atoms with Crippen LogP contribution in [0.2, 0.25) is 0 Å². The number of rotatable bonds is 3. The van der Waals surface area contributed by atoms with Gasteiger partial charge in [-0.05, 0) is 44.2 Å². The summed E-state index contributed by atoms with van der Waals surface area (Å²) >= 11 is 0. The van der Waals surface area contributed by atoms with Crippen molar-refractivity contribution >= 4 is 5.91 Å². The predicted octanol–water partition coefficient (Wildman–Crippen LogP) is 1.24. The maximum atomic E-state index is 11.8. The van der Waals surface area contributed by atoms with E-state index >= 15 is 0 Å². The van der Waals surface area contributed by atoms with Crippen molar-refractivity contribution in [1.29, 1.82) is 0 Å². The molecule has 2 heterocycles. The van der Waals surface area contributed by atoms with Crippen LogP contribution in [-0.2, 0) is 4.79 Å². The number of nitrogens with zero attached hydrogens (tertiary/aromatic N) is 1. The molecule has 15 heavy (non-hydrogen) atoms. The van der Waals surface area contributed by atoms with E-state index in [9.17, 15) is 4.79 Å². The maximum Gasteiger partial charge on any atom is 0.222 e. The van der Waals surface area contributed by atoms with Gasteiger partial charge in [-0.3, -0.25) is 4.79 Å². The van der Waals surface area contributed by atoms with Gasteiger partial charge in [-0.2, -0.15) is 0 Å². The van der Waals surface area contributed by atoms with Crippen LogP contribution in [0.4, 0.5) is 0 Å². The summed E-state index contributed by atoms with van der Waals surface area (Å²) < 4.78 is 0. The summed E-state index contributed by atoms with van der Waals surface area (Å²) in [4.78, 5) is 13.9. The van der Waals surface area contributed by atoms with Crippen molar-refractivity contribution in [3.8, 4) is 0 Å². The maximum absolute atomic E-state index is 11.8. The Labute approximate surface area is 92.2 Å². The minimum Gasteiger partial charge on any atom is -0.343 e. The molecule has 0 saturated carbocycles. The molecule has 2 saturated heterocycles.